The lowest BCUT2D eigenvalue weighted by Crippen LogP contribution is -2.36. The quantitative estimate of drug-likeness (QED) is 0.620. The number of carbonyl (C=O) groups excluding carboxylic acids is 3. The molecule has 2 aromatic rings. The maximum atomic E-state index is 11.8. The van der Waals surface area contributed by atoms with Gasteiger partial charge in [-0.1, -0.05) is 6.07 Å². The van der Waals surface area contributed by atoms with Crippen molar-refractivity contribution in [1.82, 2.24) is 30.5 Å². The molecule has 1 saturated heterocycles. The minimum absolute atomic E-state index is 0.117. The second-order valence-electron chi connectivity index (χ2n) is 4.54. The van der Waals surface area contributed by atoms with Crippen molar-refractivity contribution in [1.29, 1.82) is 0 Å². The molecule has 3 heterocycles. The lowest BCUT2D eigenvalue weighted by atomic mass is 10.2. The van der Waals surface area contributed by atoms with Gasteiger partial charge in [-0.15, -0.1) is 10.2 Å². The molecular weight excluding hydrogens is 276 g/mol. The van der Waals surface area contributed by atoms with Crippen molar-refractivity contribution in [2.75, 3.05) is 0 Å². The summed E-state index contributed by atoms with van der Waals surface area (Å²) < 4.78 is 1.75. The van der Waals surface area contributed by atoms with Crippen molar-refractivity contribution >= 4 is 23.5 Å². The monoisotopic (exact) mass is 288 g/mol. The van der Waals surface area contributed by atoms with E-state index in [9.17, 15) is 14.4 Å². The average Bonchev–Trinajstić information content (AvgIpc) is 3.00. The van der Waals surface area contributed by atoms with Crippen LogP contribution in [0.25, 0.3) is 5.65 Å². The Labute approximate surface area is 118 Å². The van der Waals surface area contributed by atoms with E-state index in [4.69, 9.17) is 0 Å². The fraction of sp³-hybridized carbons (Fsp3) is 0.250. The molecule has 4 amide bonds. The van der Waals surface area contributed by atoms with Crippen molar-refractivity contribution in [3.8, 4) is 0 Å². The Hall–Kier alpha value is -2.97. The first-order valence-corrected chi connectivity index (χ1v) is 6.30. The molecule has 3 rings (SSSR count). The highest BCUT2D eigenvalue weighted by Crippen LogP contribution is 2.03. The Kier molecular flexibility index (Phi) is 3.22. The van der Waals surface area contributed by atoms with Gasteiger partial charge in [-0.05, 0) is 12.1 Å². The Balaban J connectivity index is 1.59. The Morgan fingerprint density at radius 2 is 2.19 bits per heavy atom. The first-order valence-electron chi connectivity index (χ1n) is 6.30. The molecule has 0 aliphatic carbocycles. The summed E-state index contributed by atoms with van der Waals surface area (Å²) in [5, 5.41) is 15.0. The zero-order chi connectivity index (χ0) is 14.8. The molecule has 9 nitrogen and oxygen atoms in total. The van der Waals surface area contributed by atoms with Crippen molar-refractivity contribution in [3.63, 3.8) is 0 Å². The van der Waals surface area contributed by atoms with E-state index in [-0.39, 0.29) is 18.9 Å². The van der Waals surface area contributed by atoms with Gasteiger partial charge in [0.2, 0.25) is 5.91 Å². The van der Waals surface area contributed by atoms with Gasteiger partial charge in [-0.25, -0.2) is 4.79 Å². The van der Waals surface area contributed by atoms with E-state index < -0.39 is 18.0 Å². The largest absolute Gasteiger partial charge is 0.349 e. The van der Waals surface area contributed by atoms with E-state index in [1.807, 2.05) is 12.1 Å². The molecule has 0 aromatic carbocycles. The summed E-state index contributed by atoms with van der Waals surface area (Å²) in [6.45, 7) is 0.187. The van der Waals surface area contributed by atoms with Gasteiger partial charge in [0, 0.05) is 6.20 Å². The zero-order valence-electron chi connectivity index (χ0n) is 10.9. The van der Waals surface area contributed by atoms with Crippen molar-refractivity contribution in [3.05, 3.63) is 30.2 Å². The molecule has 1 aliphatic rings. The van der Waals surface area contributed by atoms with Crippen molar-refractivity contribution in [2.45, 2.75) is 19.0 Å². The fourth-order valence-corrected chi connectivity index (χ4v) is 2.05. The van der Waals surface area contributed by atoms with E-state index in [0.717, 1.165) is 0 Å². The highest BCUT2D eigenvalue weighted by atomic mass is 16.2. The molecule has 0 radical (unpaired) electrons. The van der Waals surface area contributed by atoms with Crippen molar-refractivity contribution < 1.29 is 14.4 Å². The van der Waals surface area contributed by atoms with Crippen molar-refractivity contribution in [2.24, 2.45) is 0 Å². The maximum absolute atomic E-state index is 11.8. The molecule has 21 heavy (non-hydrogen) atoms. The van der Waals surface area contributed by atoms with E-state index >= 15 is 0 Å². The second-order valence-corrected chi connectivity index (χ2v) is 4.54. The predicted molar refractivity (Wildman–Crippen MR) is 69.9 cm³/mol. The number of hydrogen-bond acceptors (Lipinski definition) is 5. The molecule has 0 saturated carbocycles. The van der Waals surface area contributed by atoms with Gasteiger partial charge in [0.25, 0.3) is 5.91 Å². The summed E-state index contributed by atoms with van der Waals surface area (Å²) in [5.74, 6) is -0.271. The summed E-state index contributed by atoms with van der Waals surface area (Å²) in [6.07, 6.45) is 1.68. The number of rotatable bonds is 4. The number of carbonyl (C=O) groups is 3. The third kappa shape index (κ3) is 2.66. The van der Waals surface area contributed by atoms with Gasteiger partial charge in [-0.2, -0.15) is 0 Å². The van der Waals surface area contributed by atoms with Crippen LogP contribution in [0, 0.1) is 0 Å². The van der Waals surface area contributed by atoms with E-state index in [1.54, 1.807) is 16.7 Å². The standard InChI is InChI=1S/C12H12N6O3/c19-10(5-7-11(20)15-12(21)14-7)13-6-9-17-16-8-3-1-2-4-18(8)9/h1-4,7H,5-6H2,(H,13,19)(H2,14,15,20,21)/t7-/m1/s1. The van der Waals surface area contributed by atoms with Crippen LogP contribution in [-0.4, -0.2) is 38.5 Å². The highest BCUT2D eigenvalue weighted by molar-refractivity contribution is 6.05. The number of aromatic nitrogens is 3. The van der Waals surface area contributed by atoms with Crippen LogP contribution >= 0.6 is 0 Å². The predicted octanol–water partition coefficient (Wildman–Crippen LogP) is -1.06. The van der Waals surface area contributed by atoms with Gasteiger partial charge >= 0.3 is 6.03 Å². The van der Waals surface area contributed by atoms with Gasteiger partial charge in [0.15, 0.2) is 11.5 Å². The molecule has 0 bridgehead atoms. The van der Waals surface area contributed by atoms with Gasteiger partial charge in [-0.3, -0.25) is 19.3 Å². The van der Waals surface area contributed by atoms with E-state index in [2.05, 4.69) is 26.1 Å². The first-order chi connectivity index (χ1) is 10.1. The van der Waals surface area contributed by atoms with Gasteiger partial charge in [0.05, 0.1) is 13.0 Å². The van der Waals surface area contributed by atoms with Crippen LogP contribution < -0.4 is 16.0 Å². The molecule has 0 unspecified atom stereocenters. The number of fused-ring (bicyclic) bond motifs is 1. The highest BCUT2D eigenvalue weighted by Gasteiger charge is 2.31. The Morgan fingerprint density at radius 1 is 1.33 bits per heavy atom. The minimum atomic E-state index is -0.826. The lowest BCUT2D eigenvalue weighted by Gasteiger charge is -2.07. The summed E-state index contributed by atoms with van der Waals surface area (Å²) in [7, 11) is 0. The summed E-state index contributed by atoms with van der Waals surface area (Å²) in [5.41, 5.74) is 0.684. The minimum Gasteiger partial charge on any atom is -0.349 e. The fourth-order valence-electron chi connectivity index (χ4n) is 2.05. The number of nitrogens with zero attached hydrogens (tertiary/aromatic N) is 3. The maximum Gasteiger partial charge on any atom is 0.322 e. The Bertz CT molecular complexity index is 725. The molecule has 1 atom stereocenters. The van der Waals surface area contributed by atoms with Gasteiger partial charge in [0.1, 0.15) is 6.04 Å². The summed E-state index contributed by atoms with van der Waals surface area (Å²) in [6, 6.07) is 4.07. The number of hydrogen-bond donors (Lipinski definition) is 3. The lowest BCUT2D eigenvalue weighted by molar-refractivity contribution is -0.126. The number of pyridine rings is 1. The average molecular weight is 288 g/mol. The van der Waals surface area contributed by atoms with Crippen LogP contribution in [-0.2, 0) is 16.1 Å². The molecular formula is C12H12N6O3. The molecule has 9 heteroatoms. The van der Waals surface area contributed by atoms with E-state index in [1.165, 1.54) is 0 Å². The Morgan fingerprint density at radius 3 is 2.95 bits per heavy atom. The number of nitrogens with one attached hydrogen (secondary N) is 3. The number of amides is 4. The number of urea groups is 1. The topological polar surface area (TPSA) is 117 Å². The molecule has 2 aromatic heterocycles. The molecule has 1 aliphatic heterocycles. The zero-order valence-corrected chi connectivity index (χ0v) is 10.9. The van der Waals surface area contributed by atoms with Crippen LogP contribution in [0.3, 0.4) is 0 Å². The smallest absolute Gasteiger partial charge is 0.322 e. The third-order valence-electron chi connectivity index (χ3n) is 3.08. The van der Waals surface area contributed by atoms with Crippen LogP contribution in [0.15, 0.2) is 24.4 Å². The second kappa shape index (κ2) is 5.19. The van der Waals surface area contributed by atoms with Gasteiger partial charge < -0.3 is 10.6 Å². The summed E-state index contributed by atoms with van der Waals surface area (Å²) in [4.78, 5) is 34.0. The SMILES string of the molecule is O=C(C[C@H]1NC(=O)NC1=O)NCc1nnc2ccccn12. The normalized spacial score (nSPS) is 17.6. The van der Waals surface area contributed by atoms with Crippen LogP contribution in [0.2, 0.25) is 0 Å². The van der Waals surface area contributed by atoms with Crippen LogP contribution in [0.1, 0.15) is 12.2 Å². The first kappa shape index (κ1) is 13.0. The van der Waals surface area contributed by atoms with Crippen LogP contribution in [0.4, 0.5) is 4.79 Å². The summed E-state index contributed by atoms with van der Waals surface area (Å²) >= 11 is 0. The van der Waals surface area contributed by atoms with E-state index in [0.29, 0.717) is 11.5 Å². The van der Waals surface area contributed by atoms with Crippen LogP contribution in [0.5, 0.6) is 0 Å². The molecule has 3 N–H and O–H groups in total. The molecule has 1 fully saturated rings. The molecule has 108 valence electrons. The third-order valence-corrected chi connectivity index (χ3v) is 3.08. The number of imide groups is 1. The molecule has 0 spiro atoms.